The number of hydrogen-bond donors (Lipinski definition) is 3. The van der Waals surface area contributed by atoms with E-state index in [1.165, 1.54) is 6.42 Å². The Morgan fingerprint density at radius 2 is 2.19 bits per heavy atom. The first-order valence-corrected chi connectivity index (χ1v) is 5.35. The van der Waals surface area contributed by atoms with Crippen LogP contribution in [0.2, 0.25) is 0 Å². The number of ether oxygens (including phenoxy) is 1. The number of carboxylic acids is 1. The van der Waals surface area contributed by atoms with Gasteiger partial charge >= 0.3 is 5.97 Å². The van der Waals surface area contributed by atoms with Crippen LogP contribution in [0.5, 0.6) is 0 Å². The maximum Gasteiger partial charge on any atom is 0.303 e. The predicted molar refractivity (Wildman–Crippen MR) is 63.8 cm³/mol. The van der Waals surface area contributed by atoms with Crippen LogP contribution in [-0.4, -0.2) is 42.0 Å². The first-order chi connectivity index (χ1) is 7.20. The average Bonchev–Trinajstić information content (AvgIpc) is 2.69. The van der Waals surface area contributed by atoms with Gasteiger partial charge in [0.2, 0.25) is 0 Å². The summed E-state index contributed by atoms with van der Waals surface area (Å²) >= 11 is 0. The molecule has 0 amide bonds. The molecule has 0 saturated carbocycles. The van der Waals surface area contributed by atoms with Gasteiger partial charge in [0.05, 0.1) is 6.10 Å². The molecule has 0 aromatic rings. The molecule has 1 aliphatic rings. The van der Waals surface area contributed by atoms with Crippen molar-refractivity contribution >= 4 is 18.4 Å². The molecule has 6 heteroatoms. The summed E-state index contributed by atoms with van der Waals surface area (Å²) in [4.78, 5) is 9.70. The number of aliphatic carboxylic acids is 1. The highest BCUT2D eigenvalue weighted by molar-refractivity contribution is 5.85. The summed E-state index contributed by atoms with van der Waals surface area (Å²) in [7, 11) is 0. The fraction of sp³-hybridized carbons (Fsp3) is 0.900. The van der Waals surface area contributed by atoms with Gasteiger partial charge in [0, 0.05) is 19.6 Å². The van der Waals surface area contributed by atoms with E-state index in [-0.39, 0.29) is 25.4 Å². The van der Waals surface area contributed by atoms with Gasteiger partial charge in [0.1, 0.15) is 0 Å². The maximum absolute atomic E-state index is 9.70. The molecule has 5 nitrogen and oxygen atoms in total. The van der Waals surface area contributed by atoms with Crippen LogP contribution < -0.4 is 5.73 Å². The number of rotatable bonds is 5. The number of aliphatic hydroxyl groups excluding tert-OH is 1. The van der Waals surface area contributed by atoms with Gasteiger partial charge in [-0.25, -0.2) is 0 Å². The zero-order chi connectivity index (χ0) is 11.5. The lowest BCUT2D eigenvalue weighted by Gasteiger charge is -2.03. The van der Waals surface area contributed by atoms with E-state index in [1.54, 1.807) is 0 Å². The zero-order valence-electron chi connectivity index (χ0n) is 9.43. The second-order valence-corrected chi connectivity index (χ2v) is 3.43. The van der Waals surface area contributed by atoms with Gasteiger partial charge in [0.15, 0.2) is 0 Å². The molecule has 0 aromatic carbocycles. The van der Waals surface area contributed by atoms with E-state index in [2.05, 4.69) is 0 Å². The van der Waals surface area contributed by atoms with Crippen molar-refractivity contribution in [1.82, 2.24) is 0 Å². The minimum absolute atomic E-state index is 0. The second kappa shape index (κ2) is 12.7. The van der Waals surface area contributed by atoms with Gasteiger partial charge in [0.25, 0.3) is 0 Å². The Hall–Kier alpha value is -0.360. The smallest absolute Gasteiger partial charge is 0.303 e. The monoisotopic (exact) mass is 255 g/mol. The zero-order valence-corrected chi connectivity index (χ0v) is 10.2. The van der Waals surface area contributed by atoms with Crippen molar-refractivity contribution in [1.29, 1.82) is 0 Å². The fourth-order valence-electron chi connectivity index (χ4n) is 1.27. The van der Waals surface area contributed by atoms with Crippen molar-refractivity contribution in [2.45, 2.75) is 38.2 Å². The van der Waals surface area contributed by atoms with Crippen LogP contribution >= 0.6 is 12.4 Å². The topological polar surface area (TPSA) is 92.8 Å². The average molecular weight is 256 g/mol. The number of carbonyl (C=O) groups is 1. The van der Waals surface area contributed by atoms with Crippen molar-refractivity contribution in [3.63, 3.8) is 0 Å². The van der Waals surface area contributed by atoms with Crippen molar-refractivity contribution in [3.8, 4) is 0 Å². The summed E-state index contributed by atoms with van der Waals surface area (Å²) in [5.41, 5.74) is 5.01. The molecule has 1 aliphatic heterocycles. The van der Waals surface area contributed by atoms with Gasteiger partial charge in [-0.15, -0.1) is 12.4 Å². The van der Waals surface area contributed by atoms with Gasteiger partial charge in [-0.05, 0) is 32.2 Å². The molecular formula is C10H22ClNO4. The molecule has 0 radical (unpaired) electrons. The molecule has 1 fully saturated rings. The second-order valence-electron chi connectivity index (χ2n) is 3.43. The lowest BCUT2D eigenvalue weighted by atomic mass is 10.2. The van der Waals surface area contributed by atoms with E-state index in [9.17, 15) is 4.79 Å². The fourth-order valence-corrected chi connectivity index (χ4v) is 1.27. The molecule has 1 heterocycles. The molecule has 0 bridgehead atoms. The molecule has 0 spiro atoms. The summed E-state index contributed by atoms with van der Waals surface area (Å²) in [5.74, 6) is -0.773. The van der Waals surface area contributed by atoms with Crippen LogP contribution in [0.1, 0.15) is 32.1 Å². The van der Waals surface area contributed by atoms with E-state index < -0.39 is 5.97 Å². The van der Waals surface area contributed by atoms with Crippen molar-refractivity contribution in [2.75, 3.05) is 19.8 Å². The lowest BCUT2D eigenvalue weighted by molar-refractivity contribution is -0.137. The molecule has 4 N–H and O–H groups in total. The minimum atomic E-state index is -0.773. The molecule has 1 unspecified atom stereocenters. The summed E-state index contributed by atoms with van der Waals surface area (Å²) in [6.45, 7) is 1.63. The highest BCUT2D eigenvalue weighted by atomic mass is 35.5. The predicted octanol–water partition coefficient (Wildman–Crippen LogP) is 0.779. The van der Waals surface area contributed by atoms with Crippen molar-refractivity contribution in [3.05, 3.63) is 0 Å². The third-order valence-electron chi connectivity index (χ3n) is 2.07. The Morgan fingerprint density at radius 3 is 2.50 bits per heavy atom. The van der Waals surface area contributed by atoms with Crippen LogP contribution in [0, 0.1) is 0 Å². The molecule has 0 aromatic heterocycles. The minimum Gasteiger partial charge on any atom is -0.481 e. The highest BCUT2D eigenvalue weighted by Gasteiger charge is 2.13. The van der Waals surface area contributed by atoms with Crippen LogP contribution in [0.3, 0.4) is 0 Å². The Morgan fingerprint density at radius 1 is 1.50 bits per heavy atom. The number of aliphatic hydroxyl groups is 1. The van der Waals surface area contributed by atoms with E-state index in [4.69, 9.17) is 20.7 Å². The van der Waals surface area contributed by atoms with Crippen molar-refractivity contribution < 1.29 is 19.7 Å². The van der Waals surface area contributed by atoms with Gasteiger partial charge in [-0.1, -0.05) is 0 Å². The van der Waals surface area contributed by atoms with E-state index in [0.29, 0.717) is 19.1 Å². The Balaban J connectivity index is 0. The molecule has 16 heavy (non-hydrogen) atoms. The van der Waals surface area contributed by atoms with Gasteiger partial charge in [-0.2, -0.15) is 0 Å². The van der Waals surface area contributed by atoms with Crippen LogP contribution in [-0.2, 0) is 9.53 Å². The SMILES string of the molecule is Cl.NCCCC(=O)O.OCCC1CCCO1. The number of carboxylic acid groups (broad SMARTS) is 1. The molecule has 1 saturated heterocycles. The normalized spacial score (nSPS) is 18.2. The Bertz CT molecular complexity index is 163. The summed E-state index contributed by atoms with van der Waals surface area (Å²) in [5, 5.41) is 16.4. The standard InChI is InChI=1S/C6H12O2.C4H9NO2.ClH/c7-4-3-6-2-1-5-8-6;5-3-1-2-4(6)7;/h6-7H,1-5H2;1-3,5H2,(H,6,7);1H. The lowest BCUT2D eigenvalue weighted by Crippen LogP contribution is -2.06. The van der Waals surface area contributed by atoms with Crippen LogP contribution in [0.25, 0.3) is 0 Å². The maximum atomic E-state index is 9.70. The molecule has 98 valence electrons. The first-order valence-electron chi connectivity index (χ1n) is 5.35. The quantitative estimate of drug-likeness (QED) is 0.675. The number of nitrogens with two attached hydrogens (primary N) is 1. The Kier molecular flexibility index (Phi) is 14.3. The van der Waals surface area contributed by atoms with E-state index in [1.807, 2.05) is 0 Å². The largest absolute Gasteiger partial charge is 0.481 e. The molecule has 0 aliphatic carbocycles. The third kappa shape index (κ3) is 11.7. The number of halogens is 1. The summed E-state index contributed by atoms with van der Waals surface area (Å²) < 4.78 is 5.23. The third-order valence-corrected chi connectivity index (χ3v) is 2.07. The van der Waals surface area contributed by atoms with Crippen LogP contribution in [0.15, 0.2) is 0 Å². The first kappa shape index (κ1) is 18.0. The van der Waals surface area contributed by atoms with Gasteiger partial charge in [-0.3, -0.25) is 4.79 Å². The van der Waals surface area contributed by atoms with Crippen molar-refractivity contribution in [2.24, 2.45) is 5.73 Å². The summed E-state index contributed by atoms with van der Waals surface area (Å²) in [6, 6.07) is 0. The Labute approximate surface area is 102 Å². The highest BCUT2D eigenvalue weighted by Crippen LogP contribution is 2.13. The van der Waals surface area contributed by atoms with Gasteiger partial charge < -0.3 is 20.7 Å². The van der Waals surface area contributed by atoms with E-state index >= 15 is 0 Å². The van der Waals surface area contributed by atoms with E-state index in [0.717, 1.165) is 19.4 Å². The molecular weight excluding hydrogens is 234 g/mol. The molecule has 1 atom stereocenters. The number of hydrogen-bond acceptors (Lipinski definition) is 4. The van der Waals surface area contributed by atoms with Crippen LogP contribution in [0.4, 0.5) is 0 Å². The summed E-state index contributed by atoms with van der Waals surface area (Å²) in [6.07, 6.45) is 4.26. The molecule has 1 rings (SSSR count).